The van der Waals surface area contributed by atoms with E-state index >= 15 is 0 Å². The Kier molecular flexibility index (Phi) is 11.2. The molecule has 1 heterocycles. The molecule has 0 amide bonds. The van der Waals surface area contributed by atoms with Crippen LogP contribution in [0.4, 0.5) is 0 Å². The fraction of sp³-hybridized carbons (Fsp3) is 1.00. The molecule has 16 heavy (non-hydrogen) atoms. The van der Waals surface area contributed by atoms with Crippen LogP contribution in [0, 0.1) is 0 Å². The van der Waals surface area contributed by atoms with E-state index in [1.54, 1.807) is 0 Å². The van der Waals surface area contributed by atoms with Crippen LogP contribution in [-0.2, 0) is 0 Å². The summed E-state index contributed by atoms with van der Waals surface area (Å²) in [5, 5.41) is 0. The van der Waals surface area contributed by atoms with E-state index in [9.17, 15) is 0 Å². The molecular formula is C14H28S2. The molecule has 1 saturated heterocycles. The van der Waals surface area contributed by atoms with Crippen molar-refractivity contribution in [2.45, 2.75) is 77.0 Å². The number of rotatable bonds is 0. The quantitative estimate of drug-likeness (QED) is 0.485. The summed E-state index contributed by atoms with van der Waals surface area (Å²) in [5.41, 5.74) is 0. The SMILES string of the molecule is C1CCCCCCCSSCCCCCC1. The fourth-order valence-corrected chi connectivity index (χ4v) is 4.50. The molecule has 0 bridgehead atoms. The van der Waals surface area contributed by atoms with Crippen LogP contribution in [-0.4, -0.2) is 11.5 Å². The van der Waals surface area contributed by atoms with Crippen LogP contribution in [0.3, 0.4) is 0 Å². The van der Waals surface area contributed by atoms with Crippen LogP contribution in [0.5, 0.6) is 0 Å². The lowest BCUT2D eigenvalue weighted by Crippen LogP contribution is -1.86. The van der Waals surface area contributed by atoms with Gasteiger partial charge in [-0.05, 0) is 12.8 Å². The van der Waals surface area contributed by atoms with Crippen molar-refractivity contribution in [1.29, 1.82) is 0 Å². The van der Waals surface area contributed by atoms with Crippen molar-refractivity contribution >= 4 is 21.6 Å². The van der Waals surface area contributed by atoms with Gasteiger partial charge in [-0.15, -0.1) is 0 Å². The van der Waals surface area contributed by atoms with Crippen LogP contribution in [0.1, 0.15) is 77.0 Å². The maximum Gasteiger partial charge on any atom is 0.00369 e. The summed E-state index contributed by atoms with van der Waals surface area (Å²) >= 11 is 0. The lowest BCUT2D eigenvalue weighted by atomic mass is 10.1. The van der Waals surface area contributed by atoms with Crippen molar-refractivity contribution in [1.82, 2.24) is 0 Å². The monoisotopic (exact) mass is 260 g/mol. The molecule has 0 saturated carbocycles. The highest BCUT2D eigenvalue weighted by atomic mass is 33.1. The average Bonchev–Trinajstić information content (AvgIpc) is 2.29. The van der Waals surface area contributed by atoms with Gasteiger partial charge in [0.1, 0.15) is 0 Å². The Morgan fingerprint density at radius 2 is 0.562 bits per heavy atom. The largest absolute Gasteiger partial charge is 0.0942 e. The topological polar surface area (TPSA) is 0 Å². The average molecular weight is 261 g/mol. The number of hydrogen-bond donors (Lipinski definition) is 0. The second-order valence-corrected chi connectivity index (χ2v) is 7.59. The molecule has 1 rings (SSSR count). The van der Waals surface area contributed by atoms with Crippen LogP contribution in [0.2, 0.25) is 0 Å². The van der Waals surface area contributed by atoms with Gasteiger partial charge in [0.05, 0.1) is 0 Å². The van der Waals surface area contributed by atoms with Gasteiger partial charge in [-0.25, -0.2) is 0 Å². The summed E-state index contributed by atoms with van der Waals surface area (Å²) in [6, 6.07) is 0. The Bertz CT molecular complexity index is 72.7. The van der Waals surface area contributed by atoms with Crippen LogP contribution >= 0.6 is 21.6 Å². The first kappa shape index (κ1) is 14.8. The van der Waals surface area contributed by atoms with Crippen molar-refractivity contribution < 1.29 is 0 Å². The van der Waals surface area contributed by atoms with Gasteiger partial charge in [-0.3, -0.25) is 0 Å². The van der Waals surface area contributed by atoms with E-state index in [0.717, 1.165) is 0 Å². The summed E-state index contributed by atoms with van der Waals surface area (Å²) in [6.45, 7) is 0. The molecule has 0 spiro atoms. The number of hydrogen-bond acceptors (Lipinski definition) is 2. The highest BCUT2D eigenvalue weighted by Gasteiger charge is 1.96. The third kappa shape index (κ3) is 9.89. The molecule has 1 aliphatic heterocycles. The minimum atomic E-state index is 1.38. The van der Waals surface area contributed by atoms with Crippen molar-refractivity contribution in [3.8, 4) is 0 Å². The first-order valence-corrected chi connectivity index (χ1v) is 9.73. The molecule has 2 heteroatoms. The van der Waals surface area contributed by atoms with Crippen LogP contribution < -0.4 is 0 Å². The van der Waals surface area contributed by atoms with Gasteiger partial charge >= 0.3 is 0 Å². The Morgan fingerprint density at radius 3 is 0.875 bits per heavy atom. The first-order chi connectivity index (χ1) is 8.00. The zero-order chi connectivity index (χ0) is 11.3. The summed E-state index contributed by atoms with van der Waals surface area (Å²) in [6.07, 6.45) is 17.7. The molecule has 0 unspecified atom stereocenters. The molecule has 0 aromatic rings. The third-order valence-electron chi connectivity index (χ3n) is 3.29. The van der Waals surface area contributed by atoms with Gasteiger partial charge in [0.15, 0.2) is 0 Å². The van der Waals surface area contributed by atoms with E-state index in [1.165, 1.54) is 88.6 Å². The lowest BCUT2D eigenvalue weighted by molar-refractivity contribution is 0.549. The van der Waals surface area contributed by atoms with Crippen LogP contribution in [0.15, 0.2) is 0 Å². The fourth-order valence-electron chi connectivity index (χ4n) is 2.21. The smallest absolute Gasteiger partial charge is 0.00369 e. The second-order valence-electron chi connectivity index (χ2n) is 4.89. The first-order valence-electron chi connectivity index (χ1n) is 7.24. The van der Waals surface area contributed by atoms with Gasteiger partial charge in [-0.2, -0.15) is 0 Å². The molecule has 0 aromatic heterocycles. The predicted molar refractivity (Wildman–Crippen MR) is 80.3 cm³/mol. The zero-order valence-electron chi connectivity index (χ0n) is 10.7. The minimum absolute atomic E-state index is 1.38. The van der Waals surface area contributed by atoms with E-state index in [2.05, 4.69) is 21.6 Å². The standard InChI is InChI=1S/C14H28S2/c1-2-4-6-8-10-12-14-16-15-13-11-9-7-5-3-1/h1-14H2. The summed E-state index contributed by atoms with van der Waals surface area (Å²) in [4.78, 5) is 0. The molecule has 0 aliphatic carbocycles. The normalized spacial score (nSPS) is 24.0. The molecule has 0 N–H and O–H groups in total. The van der Waals surface area contributed by atoms with E-state index in [0.29, 0.717) is 0 Å². The molecular weight excluding hydrogens is 232 g/mol. The van der Waals surface area contributed by atoms with Gasteiger partial charge in [0, 0.05) is 11.5 Å². The van der Waals surface area contributed by atoms with E-state index in [-0.39, 0.29) is 0 Å². The van der Waals surface area contributed by atoms with Crippen molar-refractivity contribution in [3.05, 3.63) is 0 Å². The predicted octanol–water partition coefficient (Wildman–Crippen LogP) is 6.06. The summed E-state index contributed by atoms with van der Waals surface area (Å²) < 4.78 is 0. The molecule has 0 radical (unpaired) electrons. The molecule has 1 aliphatic rings. The summed E-state index contributed by atoms with van der Waals surface area (Å²) in [5.74, 6) is 2.76. The maximum atomic E-state index is 2.11. The Morgan fingerprint density at radius 1 is 0.312 bits per heavy atom. The van der Waals surface area contributed by atoms with Crippen molar-refractivity contribution in [3.63, 3.8) is 0 Å². The Hall–Kier alpha value is 0.700. The highest BCUT2D eigenvalue weighted by molar-refractivity contribution is 8.76. The van der Waals surface area contributed by atoms with Gasteiger partial charge in [-0.1, -0.05) is 85.8 Å². The molecule has 0 aromatic carbocycles. The Labute approximate surface area is 110 Å². The van der Waals surface area contributed by atoms with Crippen molar-refractivity contribution in [2.24, 2.45) is 0 Å². The third-order valence-corrected chi connectivity index (χ3v) is 5.87. The molecule has 0 nitrogen and oxygen atoms in total. The van der Waals surface area contributed by atoms with Gasteiger partial charge in [0.25, 0.3) is 0 Å². The zero-order valence-corrected chi connectivity index (χ0v) is 12.3. The lowest BCUT2D eigenvalue weighted by Gasteiger charge is -2.05. The molecule has 1 fully saturated rings. The highest BCUT2D eigenvalue weighted by Crippen LogP contribution is 2.25. The van der Waals surface area contributed by atoms with Crippen molar-refractivity contribution in [2.75, 3.05) is 11.5 Å². The second kappa shape index (κ2) is 12.2. The van der Waals surface area contributed by atoms with Gasteiger partial charge in [0.2, 0.25) is 0 Å². The van der Waals surface area contributed by atoms with E-state index in [4.69, 9.17) is 0 Å². The summed E-state index contributed by atoms with van der Waals surface area (Å²) in [7, 11) is 4.21. The van der Waals surface area contributed by atoms with Gasteiger partial charge < -0.3 is 0 Å². The molecule has 96 valence electrons. The molecule has 0 atom stereocenters. The van der Waals surface area contributed by atoms with E-state index in [1.807, 2.05) is 0 Å². The minimum Gasteiger partial charge on any atom is -0.0942 e. The Balaban J connectivity index is 2.00. The van der Waals surface area contributed by atoms with Crippen LogP contribution in [0.25, 0.3) is 0 Å². The van der Waals surface area contributed by atoms with E-state index < -0.39 is 0 Å². The maximum absolute atomic E-state index is 2.11.